The molecule has 0 aliphatic heterocycles. The number of thiol groups is 1. The standard InChI is InChI=1S/C10H13BrO2S/c1-3-13-10-8(11)4-7(6-14)5-9(10)12-2/h4-5,14H,3,6H2,1-2H3. The van der Waals surface area contributed by atoms with Gasteiger partial charge in [-0.2, -0.15) is 12.6 Å². The molecule has 0 aromatic heterocycles. The molecule has 1 rings (SSSR count). The van der Waals surface area contributed by atoms with Gasteiger partial charge in [0.15, 0.2) is 11.5 Å². The monoisotopic (exact) mass is 276 g/mol. The molecule has 0 fully saturated rings. The summed E-state index contributed by atoms with van der Waals surface area (Å²) in [4.78, 5) is 0. The Labute approximate surface area is 98.1 Å². The first-order chi connectivity index (χ1) is 6.72. The molecule has 0 radical (unpaired) electrons. The second-order valence-electron chi connectivity index (χ2n) is 2.70. The van der Waals surface area contributed by atoms with Gasteiger partial charge in [0.2, 0.25) is 0 Å². The normalized spacial score (nSPS) is 10.0. The summed E-state index contributed by atoms with van der Waals surface area (Å²) in [7, 11) is 1.63. The summed E-state index contributed by atoms with van der Waals surface area (Å²) in [5, 5.41) is 0. The molecule has 0 heterocycles. The van der Waals surface area contributed by atoms with Gasteiger partial charge in [-0.15, -0.1) is 0 Å². The minimum absolute atomic E-state index is 0.620. The second-order valence-corrected chi connectivity index (χ2v) is 3.87. The molecule has 0 amide bonds. The van der Waals surface area contributed by atoms with Crippen LogP contribution in [0.25, 0.3) is 0 Å². The summed E-state index contributed by atoms with van der Waals surface area (Å²) in [6.07, 6.45) is 0. The van der Waals surface area contributed by atoms with Crippen LogP contribution in [0.2, 0.25) is 0 Å². The fourth-order valence-electron chi connectivity index (χ4n) is 1.15. The van der Waals surface area contributed by atoms with Crippen molar-refractivity contribution < 1.29 is 9.47 Å². The van der Waals surface area contributed by atoms with Crippen molar-refractivity contribution in [3.05, 3.63) is 22.2 Å². The van der Waals surface area contributed by atoms with Crippen molar-refractivity contribution in [2.75, 3.05) is 13.7 Å². The van der Waals surface area contributed by atoms with E-state index in [-0.39, 0.29) is 0 Å². The topological polar surface area (TPSA) is 18.5 Å². The van der Waals surface area contributed by atoms with Gasteiger partial charge in [0.25, 0.3) is 0 Å². The van der Waals surface area contributed by atoms with Crippen LogP contribution in [0.5, 0.6) is 11.5 Å². The number of hydrogen-bond acceptors (Lipinski definition) is 3. The van der Waals surface area contributed by atoms with Crippen LogP contribution < -0.4 is 9.47 Å². The van der Waals surface area contributed by atoms with Gasteiger partial charge in [-0.1, -0.05) is 0 Å². The molecule has 0 atom stereocenters. The Balaban J connectivity index is 3.13. The fourth-order valence-corrected chi connectivity index (χ4v) is 1.94. The molecule has 0 N–H and O–H groups in total. The van der Waals surface area contributed by atoms with Crippen LogP contribution in [0.3, 0.4) is 0 Å². The number of rotatable bonds is 4. The van der Waals surface area contributed by atoms with Crippen LogP contribution >= 0.6 is 28.6 Å². The van der Waals surface area contributed by atoms with Crippen LogP contribution in [0.1, 0.15) is 12.5 Å². The molecule has 0 spiro atoms. The minimum Gasteiger partial charge on any atom is -0.493 e. The lowest BCUT2D eigenvalue weighted by atomic mass is 10.2. The number of methoxy groups -OCH3 is 1. The van der Waals surface area contributed by atoms with Gasteiger partial charge in [0.05, 0.1) is 18.2 Å². The van der Waals surface area contributed by atoms with Crippen LogP contribution in [0, 0.1) is 0 Å². The van der Waals surface area contributed by atoms with Crippen LogP contribution in [-0.2, 0) is 5.75 Å². The minimum atomic E-state index is 0.620. The van der Waals surface area contributed by atoms with E-state index in [9.17, 15) is 0 Å². The highest BCUT2D eigenvalue weighted by Crippen LogP contribution is 2.36. The molecule has 4 heteroatoms. The largest absolute Gasteiger partial charge is 0.493 e. The second kappa shape index (κ2) is 5.51. The average molecular weight is 277 g/mol. The summed E-state index contributed by atoms with van der Waals surface area (Å²) in [5.74, 6) is 2.17. The van der Waals surface area contributed by atoms with E-state index in [1.165, 1.54) is 0 Å². The molecule has 0 saturated carbocycles. The maximum absolute atomic E-state index is 5.46. The van der Waals surface area contributed by atoms with Crippen molar-refractivity contribution in [2.24, 2.45) is 0 Å². The van der Waals surface area contributed by atoms with Gasteiger partial charge in [0, 0.05) is 5.75 Å². The Bertz CT molecular complexity index is 315. The third-order valence-corrected chi connectivity index (χ3v) is 2.71. The smallest absolute Gasteiger partial charge is 0.175 e. The van der Waals surface area contributed by atoms with Crippen LogP contribution in [-0.4, -0.2) is 13.7 Å². The average Bonchev–Trinajstić information content (AvgIpc) is 2.20. The van der Waals surface area contributed by atoms with E-state index < -0.39 is 0 Å². The lowest BCUT2D eigenvalue weighted by Gasteiger charge is -2.12. The van der Waals surface area contributed by atoms with Crippen molar-refractivity contribution in [3.63, 3.8) is 0 Å². The van der Waals surface area contributed by atoms with E-state index in [4.69, 9.17) is 9.47 Å². The van der Waals surface area contributed by atoms with E-state index in [0.29, 0.717) is 12.4 Å². The molecule has 78 valence electrons. The first-order valence-electron chi connectivity index (χ1n) is 4.33. The highest BCUT2D eigenvalue weighted by molar-refractivity contribution is 9.10. The zero-order valence-electron chi connectivity index (χ0n) is 8.21. The first kappa shape index (κ1) is 11.7. The summed E-state index contributed by atoms with van der Waals surface area (Å²) in [5.41, 5.74) is 1.10. The Morgan fingerprint density at radius 2 is 2.14 bits per heavy atom. The highest BCUT2D eigenvalue weighted by Gasteiger charge is 2.10. The van der Waals surface area contributed by atoms with Gasteiger partial charge in [-0.25, -0.2) is 0 Å². The van der Waals surface area contributed by atoms with Crippen molar-refractivity contribution >= 4 is 28.6 Å². The Kier molecular flexibility index (Phi) is 4.62. The van der Waals surface area contributed by atoms with Crippen molar-refractivity contribution in [3.8, 4) is 11.5 Å². The maximum Gasteiger partial charge on any atom is 0.175 e. The van der Waals surface area contributed by atoms with E-state index in [2.05, 4.69) is 28.6 Å². The van der Waals surface area contributed by atoms with Gasteiger partial charge in [0.1, 0.15) is 0 Å². The zero-order valence-corrected chi connectivity index (χ0v) is 10.7. The lowest BCUT2D eigenvalue weighted by Crippen LogP contribution is -1.97. The van der Waals surface area contributed by atoms with Crippen LogP contribution in [0.15, 0.2) is 16.6 Å². The summed E-state index contributed by atoms with van der Waals surface area (Å²) in [6.45, 7) is 2.56. The van der Waals surface area contributed by atoms with E-state index >= 15 is 0 Å². The molecular formula is C10H13BrO2S. The predicted molar refractivity (Wildman–Crippen MR) is 64.6 cm³/mol. The SMILES string of the molecule is CCOc1c(Br)cc(CS)cc1OC. The Morgan fingerprint density at radius 1 is 1.43 bits per heavy atom. The first-order valence-corrected chi connectivity index (χ1v) is 5.75. The maximum atomic E-state index is 5.46. The summed E-state index contributed by atoms with van der Waals surface area (Å²) >= 11 is 7.65. The third-order valence-electron chi connectivity index (χ3n) is 1.76. The quantitative estimate of drug-likeness (QED) is 0.851. The lowest BCUT2D eigenvalue weighted by molar-refractivity contribution is 0.309. The Hall–Kier alpha value is -0.350. The molecule has 0 aliphatic rings. The number of hydrogen-bond donors (Lipinski definition) is 1. The number of halogens is 1. The molecular weight excluding hydrogens is 264 g/mol. The van der Waals surface area contributed by atoms with Crippen molar-refractivity contribution in [1.29, 1.82) is 0 Å². The third kappa shape index (κ3) is 2.58. The number of benzene rings is 1. The Morgan fingerprint density at radius 3 is 2.64 bits per heavy atom. The van der Waals surface area contributed by atoms with E-state index in [1.807, 2.05) is 19.1 Å². The van der Waals surface area contributed by atoms with E-state index in [0.717, 1.165) is 21.5 Å². The summed E-state index contributed by atoms with van der Waals surface area (Å²) in [6, 6.07) is 3.92. The molecule has 14 heavy (non-hydrogen) atoms. The number of ether oxygens (including phenoxy) is 2. The molecule has 0 aliphatic carbocycles. The van der Waals surface area contributed by atoms with Gasteiger partial charge in [-0.3, -0.25) is 0 Å². The molecule has 0 saturated heterocycles. The van der Waals surface area contributed by atoms with Crippen LogP contribution in [0.4, 0.5) is 0 Å². The van der Waals surface area contributed by atoms with Crippen molar-refractivity contribution in [1.82, 2.24) is 0 Å². The van der Waals surface area contributed by atoms with E-state index in [1.54, 1.807) is 7.11 Å². The zero-order chi connectivity index (χ0) is 10.6. The molecule has 1 aromatic carbocycles. The molecule has 0 bridgehead atoms. The van der Waals surface area contributed by atoms with Crippen molar-refractivity contribution in [2.45, 2.75) is 12.7 Å². The fraction of sp³-hybridized carbons (Fsp3) is 0.400. The van der Waals surface area contributed by atoms with Gasteiger partial charge in [-0.05, 0) is 40.5 Å². The highest BCUT2D eigenvalue weighted by atomic mass is 79.9. The van der Waals surface area contributed by atoms with Gasteiger partial charge >= 0.3 is 0 Å². The molecule has 2 nitrogen and oxygen atoms in total. The molecule has 0 unspecified atom stereocenters. The molecule has 1 aromatic rings. The summed E-state index contributed by atoms with van der Waals surface area (Å²) < 4.78 is 11.6. The predicted octanol–water partition coefficient (Wildman–Crippen LogP) is 3.29. The van der Waals surface area contributed by atoms with Gasteiger partial charge < -0.3 is 9.47 Å².